The molecule has 1 N–H and O–H groups in total. The van der Waals surface area contributed by atoms with Crippen LogP contribution in [0.5, 0.6) is 5.75 Å². The van der Waals surface area contributed by atoms with Crippen LogP contribution in [0.4, 0.5) is 0 Å². The van der Waals surface area contributed by atoms with E-state index in [1.807, 2.05) is 72.6 Å². The molecule has 2 amide bonds. The second kappa shape index (κ2) is 12.9. The van der Waals surface area contributed by atoms with Gasteiger partial charge in [0.25, 0.3) is 5.91 Å². The molecule has 7 heteroatoms. The summed E-state index contributed by atoms with van der Waals surface area (Å²) in [6, 6.07) is 23.3. The Morgan fingerprint density at radius 3 is 2.32 bits per heavy atom. The second-order valence-electron chi connectivity index (χ2n) is 9.36. The van der Waals surface area contributed by atoms with E-state index in [2.05, 4.69) is 11.1 Å². The number of carbonyl (C=O) groups is 2. The van der Waals surface area contributed by atoms with Crippen molar-refractivity contribution in [1.29, 1.82) is 0 Å². The highest BCUT2D eigenvalue weighted by atomic mass is 16.5. The smallest absolute Gasteiger partial charge is 0.254 e. The monoisotopic (exact) mass is 513 g/mol. The van der Waals surface area contributed by atoms with Gasteiger partial charge in [-0.05, 0) is 54.8 Å². The summed E-state index contributed by atoms with van der Waals surface area (Å²) in [6.07, 6.45) is 2.70. The van der Waals surface area contributed by atoms with Crippen LogP contribution in [0.15, 0.2) is 79.0 Å². The minimum Gasteiger partial charge on any atom is -0.497 e. The molecule has 4 aromatic rings. The van der Waals surface area contributed by atoms with E-state index in [-0.39, 0.29) is 18.4 Å². The summed E-state index contributed by atoms with van der Waals surface area (Å²) in [4.78, 5) is 33.7. The van der Waals surface area contributed by atoms with E-state index in [0.717, 1.165) is 33.3 Å². The van der Waals surface area contributed by atoms with Crippen molar-refractivity contribution in [1.82, 2.24) is 14.8 Å². The minimum absolute atomic E-state index is 0.0277. The molecule has 7 nitrogen and oxygen atoms in total. The molecule has 0 radical (unpaired) electrons. The third kappa shape index (κ3) is 6.81. The molecule has 1 aromatic heterocycles. The molecule has 0 bridgehead atoms. The summed E-state index contributed by atoms with van der Waals surface area (Å²) in [5.74, 6) is 0.466. The Kier molecular flexibility index (Phi) is 9.16. The number of hydrogen-bond donors (Lipinski definition) is 1. The van der Waals surface area contributed by atoms with Crippen molar-refractivity contribution in [2.45, 2.75) is 19.9 Å². The first-order valence-electron chi connectivity index (χ1n) is 12.8. The number of methoxy groups -OCH3 is 2. The Balaban J connectivity index is 1.54. The van der Waals surface area contributed by atoms with E-state index in [0.29, 0.717) is 38.2 Å². The number of amides is 2. The molecule has 0 aliphatic heterocycles. The quantitative estimate of drug-likeness (QED) is 0.294. The number of rotatable bonds is 12. The lowest BCUT2D eigenvalue weighted by molar-refractivity contribution is -0.132. The molecule has 3 aromatic carbocycles. The predicted octanol–water partition coefficient (Wildman–Crippen LogP) is 4.85. The molecule has 4 rings (SSSR count). The minimum atomic E-state index is -0.184. The second-order valence-corrected chi connectivity index (χ2v) is 9.36. The summed E-state index contributed by atoms with van der Waals surface area (Å²) in [5, 5.41) is 1.15. The fourth-order valence-corrected chi connectivity index (χ4v) is 4.43. The molecule has 0 atom stereocenters. The molecule has 0 saturated heterocycles. The van der Waals surface area contributed by atoms with Crippen LogP contribution < -0.4 is 4.74 Å². The molecule has 0 fully saturated rings. The van der Waals surface area contributed by atoms with Crippen LogP contribution in [0.1, 0.15) is 27.0 Å². The van der Waals surface area contributed by atoms with Gasteiger partial charge in [-0.2, -0.15) is 0 Å². The number of fused-ring (bicyclic) bond motifs is 1. The van der Waals surface area contributed by atoms with Crippen LogP contribution in [-0.2, 0) is 22.5 Å². The number of para-hydroxylation sites is 1. The van der Waals surface area contributed by atoms with E-state index in [9.17, 15) is 9.59 Å². The standard InChI is InChI=1S/C31H35N3O4/c1-23-8-12-25(13-9-23)31(36)34(18-19-37-2)22-30(35)33(21-24-10-14-27(38-3)15-11-24)17-16-26-20-32-29-7-5-4-6-28(26)29/h4-15,20,32H,16-19,21-22H2,1-3H3. The number of aromatic amines is 1. The SMILES string of the molecule is COCCN(CC(=O)N(CCc1c[nH]c2ccccc12)Cc1ccc(OC)cc1)C(=O)c1ccc(C)cc1. The third-order valence-electron chi connectivity index (χ3n) is 6.69. The molecule has 1 heterocycles. The van der Waals surface area contributed by atoms with Gasteiger partial charge in [-0.3, -0.25) is 9.59 Å². The zero-order valence-electron chi connectivity index (χ0n) is 22.3. The van der Waals surface area contributed by atoms with Gasteiger partial charge >= 0.3 is 0 Å². The fraction of sp³-hybridized carbons (Fsp3) is 0.290. The highest BCUT2D eigenvalue weighted by Crippen LogP contribution is 2.20. The third-order valence-corrected chi connectivity index (χ3v) is 6.69. The van der Waals surface area contributed by atoms with Crippen LogP contribution in [0.2, 0.25) is 0 Å². The van der Waals surface area contributed by atoms with Crippen LogP contribution in [-0.4, -0.2) is 67.1 Å². The highest BCUT2D eigenvalue weighted by molar-refractivity contribution is 5.96. The maximum atomic E-state index is 13.7. The van der Waals surface area contributed by atoms with Gasteiger partial charge in [0.05, 0.1) is 13.7 Å². The lowest BCUT2D eigenvalue weighted by Crippen LogP contribution is -2.44. The van der Waals surface area contributed by atoms with Crippen LogP contribution in [0, 0.1) is 6.92 Å². The van der Waals surface area contributed by atoms with Crippen molar-refractivity contribution >= 4 is 22.7 Å². The molecule has 0 spiro atoms. The van der Waals surface area contributed by atoms with Crippen molar-refractivity contribution in [2.75, 3.05) is 40.5 Å². The van der Waals surface area contributed by atoms with Crippen LogP contribution >= 0.6 is 0 Å². The molecule has 198 valence electrons. The lowest BCUT2D eigenvalue weighted by atomic mass is 10.1. The number of carbonyl (C=O) groups excluding carboxylic acids is 2. The summed E-state index contributed by atoms with van der Waals surface area (Å²) in [7, 11) is 3.22. The summed E-state index contributed by atoms with van der Waals surface area (Å²) in [6.45, 7) is 3.57. The first kappa shape index (κ1) is 26.9. The van der Waals surface area contributed by atoms with Gasteiger partial charge in [-0.15, -0.1) is 0 Å². The zero-order chi connectivity index (χ0) is 26.9. The van der Waals surface area contributed by atoms with Gasteiger partial charge in [-0.1, -0.05) is 48.0 Å². The predicted molar refractivity (Wildman–Crippen MR) is 149 cm³/mol. The molecule has 0 saturated carbocycles. The first-order valence-corrected chi connectivity index (χ1v) is 12.8. The summed E-state index contributed by atoms with van der Waals surface area (Å²) < 4.78 is 10.5. The highest BCUT2D eigenvalue weighted by Gasteiger charge is 2.23. The molecular formula is C31H35N3O4. The van der Waals surface area contributed by atoms with Gasteiger partial charge in [0.15, 0.2) is 0 Å². The van der Waals surface area contributed by atoms with Gasteiger partial charge in [0.2, 0.25) is 5.91 Å². The Morgan fingerprint density at radius 2 is 1.61 bits per heavy atom. The van der Waals surface area contributed by atoms with E-state index in [1.165, 1.54) is 0 Å². The van der Waals surface area contributed by atoms with Crippen LogP contribution in [0.3, 0.4) is 0 Å². The van der Waals surface area contributed by atoms with Crippen molar-refractivity contribution in [3.05, 3.63) is 101 Å². The van der Waals surface area contributed by atoms with Gasteiger partial charge in [0, 0.05) is 49.4 Å². The Bertz CT molecular complexity index is 1350. The van der Waals surface area contributed by atoms with Gasteiger partial charge in [-0.25, -0.2) is 0 Å². The number of aromatic nitrogens is 1. The number of nitrogens with zero attached hydrogens (tertiary/aromatic N) is 2. The Labute approximate surface area is 224 Å². The van der Waals surface area contributed by atoms with Crippen molar-refractivity contribution < 1.29 is 19.1 Å². The molecule has 0 unspecified atom stereocenters. The van der Waals surface area contributed by atoms with Crippen molar-refractivity contribution in [3.8, 4) is 5.75 Å². The lowest BCUT2D eigenvalue weighted by Gasteiger charge is -2.28. The van der Waals surface area contributed by atoms with Crippen molar-refractivity contribution in [3.63, 3.8) is 0 Å². The zero-order valence-corrected chi connectivity index (χ0v) is 22.3. The maximum absolute atomic E-state index is 13.7. The Hall–Kier alpha value is -4.10. The average Bonchev–Trinajstić information content (AvgIpc) is 3.36. The number of hydrogen-bond acceptors (Lipinski definition) is 4. The van der Waals surface area contributed by atoms with Gasteiger partial charge < -0.3 is 24.3 Å². The largest absolute Gasteiger partial charge is 0.497 e. The molecular weight excluding hydrogens is 478 g/mol. The van der Waals surface area contributed by atoms with Crippen LogP contribution in [0.25, 0.3) is 10.9 Å². The number of aryl methyl sites for hydroxylation is 1. The molecule has 0 aliphatic rings. The Morgan fingerprint density at radius 1 is 0.868 bits per heavy atom. The topological polar surface area (TPSA) is 74.9 Å². The number of H-pyrrole nitrogens is 1. The summed E-state index contributed by atoms with van der Waals surface area (Å²) >= 11 is 0. The van der Waals surface area contributed by atoms with Gasteiger partial charge in [0.1, 0.15) is 12.3 Å². The fourth-order valence-electron chi connectivity index (χ4n) is 4.43. The summed E-state index contributed by atoms with van der Waals surface area (Å²) in [5.41, 5.74) is 4.85. The van der Waals surface area contributed by atoms with E-state index < -0.39 is 0 Å². The number of ether oxygens (including phenoxy) is 2. The van der Waals surface area contributed by atoms with E-state index >= 15 is 0 Å². The normalized spacial score (nSPS) is 10.9. The average molecular weight is 514 g/mol. The maximum Gasteiger partial charge on any atom is 0.254 e. The molecule has 38 heavy (non-hydrogen) atoms. The number of nitrogens with one attached hydrogen (secondary N) is 1. The first-order chi connectivity index (χ1) is 18.5. The van der Waals surface area contributed by atoms with E-state index in [1.54, 1.807) is 31.3 Å². The van der Waals surface area contributed by atoms with E-state index in [4.69, 9.17) is 9.47 Å². The number of benzene rings is 3. The van der Waals surface area contributed by atoms with Crippen molar-refractivity contribution in [2.24, 2.45) is 0 Å². The molecule has 0 aliphatic carbocycles.